The monoisotopic (exact) mass is 163 g/mol. The molecule has 2 heteroatoms. The third-order valence-corrected chi connectivity index (χ3v) is 1.81. The van der Waals surface area contributed by atoms with Gasteiger partial charge in [0, 0.05) is 17.8 Å². The van der Waals surface area contributed by atoms with E-state index in [0.29, 0.717) is 0 Å². The Kier molecular flexibility index (Phi) is 3.45. The molecule has 64 valence electrons. The van der Waals surface area contributed by atoms with Gasteiger partial charge in [0.25, 0.3) is 0 Å². The summed E-state index contributed by atoms with van der Waals surface area (Å²) in [7, 11) is 0. The molecule has 0 saturated heterocycles. The average molecular weight is 163 g/mol. The molecule has 1 rings (SSSR count). The van der Waals surface area contributed by atoms with Crippen LogP contribution in [-0.2, 0) is 11.2 Å². The molecule has 0 aromatic carbocycles. The lowest BCUT2D eigenvalue weighted by molar-refractivity contribution is -0.110. The van der Waals surface area contributed by atoms with E-state index in [1.165, 1.54) is 0 Å². The normalized spacial score (nSPS) is 12.4. The van der Waals surface area contributed by atoms with E-state index in [1.807, 2.05) is 25.1 Å². The number of aldehydes is 1. The Balaban J connectivity index is 2.38. The van der Waals surface area contributed by atoms with Crippen LogP contribution in [0.5, 0.6) is 0 Å². The maximum atomic E-state index is 10.3. The smallest absolute Gasteiger partial charge is 0.122 e. The molecule has 1 unspecified atom stereocenters. The van der Waals surface area contributed by atoms with E-state index in [9.17, 15) is 4.79 Å². The molecule has 0 amide bonds. The second kappa shape index (κ2) is 4.65. The van der Waals surface area contributed by atoms with Gasteiger partial charge in [-0.25, -0.2) is 0 Å². The molecule has 12 heavy (non-hydrogen) atoms. The lowest BCUT2D eigenvalue weighted by Gasteiger charge is -2.01. The van der Waals surface area contributed by atoms with Crippen LogP contribution < -0.4 is 0 Å². The highest BCUT2D eigenvalue weighted by Gasteiger charge is 2.00. The molecule has 1 heterocycles. The molecule has 1 atom stereocenters. The van der Waals surface area contributed by atoms with E-state index < -0.39 is 0 Å². The first-order chi connectivity index (χ1) is 5.83. The van der Waals surface area contributed by atoms with Crippen LogP contribution in [0.3, 0.4) is 0 Å². The van der Waals surface area contributed by atoms with Crippen molar-refractivity contribution in [3.05, 3.63) is 30.1 Å². The van der Waals surface area contributed by atoms with Crippen LogP contribution in [0.4, 0.5) is 0 Å². The number of pyridine rings is 1. The Hall–Kier alpha value is -1.18. The molecule has 2 nitrogen and oxygen atoms in total. The zero-order valence-corrected chi connectivity index (χ0v) is 7.23. The summed E-state index contributed by atoms with van der Waals surface area (Å²) in [5.74, 6) is 0.145. The number of hydrogen-bond donors (Lipinski definition) is 0. The highest BCUT2D eigenvalue weighted by atomic mass is 16.1. The predicted octanol–water partition coefficient (Wildman–Crippen LogP) is 1.85. The van der Waals surface area contributed by atoms with E-state index in [4.69, 9.17) is 0 Å². The van der Waals surface area contributed by atoms with E-state index in [-0.39, 0.29) is 5.92 Å². The van der Waals surface area contributed by atoms with Crippen LogP contribution in [0.15, 0.2) is 24.4 Å². The first kappa shape index (κ1) is 8.91. The van der Waals surface area contributed by atoms with Gasteiger partial charge in [0.1, 0.15) is 6.29 Å². The van der Waals surface area contributed by atoms with Crippen molar-refractivity contribution < 1.29 is 4.79 Å². The van der Waals surface area contributed by atoms with Crippen LogP contribution in [0.1, 0.15) is 19.0 Å². The van der Waals surface area contributed by atoms with Gasteiger partial charge in [0.05, 0.1) is 0 Å². The van der Waals surface area contributed by atoms with Gasteiger partial charge in [0.15, 0.2) is 0 Å². The summed E-state index contributed by atoms with van der Waals surface area (Å²) in [6, 6.07) is 5.85. The molecule has 1 aromatic rings. The largest absolute Gasteiger partial charge is 0.303 e. The van der Waals surface area contributed by atoms with Crippen LogP contribution in [0.2, 0.25) is 0 Å². The Morgan fingerprint density at radius 2 is 2.42 bits per heavy atom. The highest BCUT2D eigenvalue weighted by molar-refractivity contribution is 5.52. The van der Waals surface area contributed by atoms with Gasteiger partial charge in [-0.1, -0.05) is 13.0 Å². The summed E-state index contributed by atoms with van der Waals surface area (Å²) in [5, 5.41) is 0. The first-order valence-corrected chi connectivity index (χ1v) is 4.18. The maximum Gasteiger partial charge on any atom is 0.122 e. The minimum atomic E-state index is 0.145. The number of carbonyl (C=O) groups excluding carboxylic acids is 1. The third-order valence-electron chi connectivity index (χ3n) is 1.81. The fraction of sp³-hybridized carbons (Fsp3) is 0.400. The summed E-state index contributed by atoms with van der Waals surface area (Å²) in [5.41, 5.74) is 1.06. The molecule has 0 aliphatic rings. The van der Waals surface area contributed by atoms with E-state index in [0.717, 1.165) is 24.8 Å². The van der Waals surface area contributed by atoms with Crippen molar-refractivity contribution >= 4 is 6.29 Å². The van der Waals surface area contributed by atoms with Gasteiger partial charge in [-0.2, -0.15) is 0 Å². The molecule has 0 aliphatic carbocycles. The number of aromatic nitrogens is 1. The van der Waals surface area contributed by atoms with Gasteiger partial charge < -0.3 is 4.79 Å². The number of aryl methyl sites for hydroxylation is 1. The Morgan fingerprint density at radius 3 is 3.00 bits per heavy atom. The summed E-state index contributed by atoms with van der Waals surface area (Å²) in [4.78, 5) is 14.5. The molecular weight excluding hydrogens is 150 g/mol. The fourth-order valence-electron chi connectivity index (χ4n) is 0.990. The van der Waals surface area contributed by atoms with Gasteiger partial charge >= 0.3 is 0 Å². The average Bonchev–Trinajstić information content (AvgIpc) is 2.16. The molecule has 1 aromatic heterocycles. The maximum absolute atomic E-state index is 10.3. The molecular formula is C10H13NO. The molecule has 0 N–H and O–H groups in total. The second-order valence-corrected chi connectivity index (χ2v) is 2.97. The minimum Gasteiger partial charge on any atom is -0.303 e. The predicted molar refractivity (Wildman–Crippen MR) is 47.8 cm³/mol. The van der Waals surface area contributed by atoms with E-state index in [1.54, 1.807) is 6.20 Å². The van der Waals surface area contributed by atoms with Crippen molar-refractivity contribution in [3.8, 4) is 0 Å². The van der Waals surface area contributed by atoms with E-state index in [2.05, 4.69) is 4.98 Å². The van der Waals surface area contributed by atoms with Crippen LogP contribution in [-0.4, -0.2) is 11.3 Å². The molecule has 0 spiro atoms. The van der Waals surface area contributed by atoms with Crippen LogP contribution >= 0.6 is 0 Å². The number of carbonyl (C=O) groups is 1. The summed E-state index contributed by atoms with van der Waals surface area (Å²) in [6.07, 6.45) is 4.55. The Labute approximate surface area is 72.6 Å². The molecule has 0 radical (unpaired) electrons. The highest BCUT2D eigenvalue weighted by Crippen LogP contribution is 2.04. The van der Waals surface area contributed by atoms with Gasteiger partial charge in [0.2, 0.25) is 0 Å². The van der Waals surface area contributed by atoms with Crippen LogP contribution in [0.25, 0.3) is 0 Å². The number of hydrogen-bond acceptors (Lipinski definition) is 2. The molecule has 0 bridgehead atoms. The topological polar surface area (TPSA) is 30.0 Å². The van der Waals surface area contributed by atoms with Crippen molar-refractivity contribution in [2.24, 2.45) is 5.92 Å². The fourth-order valence-corrected chi connectivity index (χ4v) is 0.990. The lowest BCUT2D eigenvalue weighted by Crippen LogP contribution is -1.99. The van der Waals surface area contributed by atoms with Crippen molar-refractivity contribution in [2.45, 2.75) is 19.8 Å². The second-order valence-electron chi connectivity index (χ2n) is 2.97. The Morgan fingerprint density at radius 1 is 1.58 bits per heavy atom. The van der Waals surface area contributed by atoms with Crippen molar-refractivity contribution in [1.29, 1.82) is 0 Å². The van der Waals surface area contributed by atoms with Crippen molar-refractivity contribution in [2.75, 3.05) is 0 Å². The number of rotatable bonds is 4. The van der Waals surface area contributed by atoms with Crippen LogP contribution in [0, 0.1) is 5.92 Å². The Bertz CT molecular complexity index is 233. The number of nitrogens with zero attached hydrogens (tertiary/aromatic N) is 1. The SMILES string of the molecule is CC(C=O)CCc1ccccn1. The van der Waals surface area contributed by atoms with Gasteiger partial charge in [-0.15, -0.1) is 0 Å². The van der Waals surface area contributed by atoms with Gasteiger partial charge in [-0.3, -0.25) is 4.98 Å². The summed E-state index contributed by atoms with van der Waals surface area (Å²) >= 11 is 0. The molecule has 0 saturated carbocycles. The molecule has 0 aliphatic heterocycles. The zero-order chi connectivity index (χ0) is 8.81. The summed E-state index contributed by atoms with van der Waals surface area (Å²) in [6.45, 7) is 1.93. The summed E-state index contributed by atoms with van der Waals surface area (Å²) < 4.78 is 0. The standard InChI is InChI=1S/C10H13NO/c1-9(8-12)5-6-10-4-2-3-7-11-10/h2-4,7-9H,5-6H2,1H3. The van der Waals surface area contributed by atoms with E-state index >= 15 is 0 Å². The quantitative estimate of drug-likeness (QED) is 0.634. The van der Waals surface area contributed by atoms with Crippen molar-refractivity contribution in [3.63, 3.8) is 0 Å². The molecule has 0 fully saturated rings. The lowest BCUT2D eigenvalue weighted by atomic mass is 10.1. The minimum absolute atomic E-state index is 0.145. The third kappa shape index (κ3) is 2.82. The zero-order valence-electron chi connectivity index (χ0n) is 7.23. The first-order valence-electron chi connectivity index (χ1n) is 4.18. The van der Waals surface area contributed by atoms with Gasteiger partial charge in [-0.05, 0) is 25.0 Å². The van der Waals surface area contributed by atoms with Crippen molar-refractivity contribution in [1.82, 2.24) is 4.98 Å².